The number of hydrogen-bond acceptors (Lipinski definition) is 1. The summed E-state index contributed by atoms with van der Waals surface area (Å²) in [4.78, 5) is 13.3. The van der Waals surface area contributed by atoms with Gasteiger partial charge in [0.25, 0.3) is 0 Å². The Morgan fingerprint density at radius 3 is 2.67 bits per heavy atom. The maximum Gasteiger partial charge on any atom is 0.317 e. The monoisotopic (exact) mass is 263 g/mol. The summed E-state index contributed by atoms with van der Waals surface area (Å²) in [6.07, 6.45) is 7.45. The molecule has 1 amide bonds. The lowest BCUT2D eigenvalue weighted by atomic mass is 10.0. The molecular formula is C15H18ClNO. The Morgan fingerprint density at radius 2 is 2.11 bits per heavy atom. The average Bonchev–Trinajstić information content (AvgIpc) is 2.38. The summed E-state index contributed by atoms with van der Waals surface area (Å²) < 4.78 is 0. The van der Waals surface area contributed by atoms with Gasteiger partial charge in [0.1, 0.15) is 0 Å². The van der Waals surface area contributed by atoms with E-state index in [-0.39, 0.29) is 11.4 Å². The van der Waals surface area contributed by atoms with Crippen molar-refractivity contribution in [3.8, 4) is 0 Å². The second-order valence-corrected chi connectivity index (χ2v) is 5.12. The van der Waals surface area contributed by atoms with Crippen molar-refractivity contribution in [2.45, 2.75) is 38.8 Å². The lowest BCUT2D eigenvalue weighted by Crippen LogP contribution is -2.36. The molecule has 1 aromatic carbocycles. The first kappa shape index (κ1) is 13.2. The number of halogens is 1. The van der Waals surface area contributed by atoms with Crippen LogP contribution in [0, 0.1) is 6.92 Å². The number of nitrogens with zero attached hydrogens (tertiary/aromatic N) is 1. The summed E-state index contributed by atoms with van der Waals surface area (Å²) in [6.45, 7) is 2.63. The number of hydrogen-bond donors (Lipinski definition) is 0. The van der Waals surface area contributed by atoms with E-state index in [9.17, 15) is 4.79 Å². The Kier molecular flexibility index (Phi) is 4.43. The predicted molar refractivity (Wildman–Crippen MR) is 74.8 cm³/mol. The van der Waals surface area contributed by atoms with Crippen LogP contribution in [0.3, 0.4) is 0 Å². The van der Waals surface area contributed by atoms with Crippen molar-refractivity contribution in [1.82, 2.24) is 4.90 Å². The molecule has 2 nitrogen and oxygen atoms in total. The van der Waals surface area contributed by atoms with Crippen LogP contribution >= 0.6 is 11.6 Å². The molecule has 2 rings (SSSR count). The van der Waals surface area contributed by atoms with E-state index in [1.807, 2.05) is 0 Å². The van der Waals surface area contributed by atoms with Gasteiger partial charge in [-0.25, -0.2) is 0 Å². The zero-order chi connectivity index (χ0) is 13.0. The Bertz CT molecular complexity index is 438. The Balaban J connectivity index is 2.10. The van der Waals surface area contributed by atoms with Crippen molar-refractivity contribution >= 4 is 17.0 Å². The van der Waals surface area contributed by atoms with Gasteiger partial charge in [0.15, 0.2) is 0 Å². The van der Waals surface area contributed by atoms with Crippen LogP contribution < -0.4 is 0 Å². The number of benzene rings is 1. The van der Waals surface area contributed by atoms with Gasteiger partial charge in [0.2, 0.25) is 0 Å². The summed E-state index contributed by atoms with van der Waals surface area (Å²) in [7, 11) is 0. The molecule has 0 bridgehead atoms. The average molecular weight is 264 g/mol. The highest BCUT2D eigenvalue weighted by Crippen LogP contribution is 2.20. The normalized spacial score (nSPS) is 18.7. The summed E-state index contributed by atoms with van der Waals surface area (Å²) in [5.74, 6) is 0. The zero-order valence-electron chi connectivity index (χ0n) is 10.6. The fraction of sp³-hybridized carbons (Fsp3) is 0.400. The molecule has 1 unspecified atom stereocenters. The minimum Gasteiger partial charge on any atom is -0.318 e. The highest BCUT2D eigenvalue weighted by molar-refractivity contribution is 6.62. The molecule has 1 aromatic rings. The van der Waals surface area contributed by atoms with Crippen molar-refractivity contribution in [3.05, 3.63) is 47.5 Å². The Labute approximate surface area is 113 Å². The van der Waals surface area contributed by atoms with E-state index in [0.29, 0.717) is 6.54 Å². The summed E-state index contributed by atoms with van der Waals surface area (Å²) in [5.41, 5.74) is 2.34. The van der Waals surface area contributed by atoms with Crippen LogP contribution in [0.4, 0.5) is 4.79 Å². The third kappa shape index (κ3) is 3.36. The second kappa shape index (κ2) is 6.05. The van der Waals surface area contributed by atoms with E-state index in [4.69, 9.17) is 11.6 Å². The molecule has 0 aromatic heterocycles. The molecule has 0 spiro atoms. The van der Waals surface area contributed by atoms with Gasteiger partial charge in [-0.15, -0.1) is 0 Å². The molecular weight excluding hydrogens is 246 g/mol. The highest BCUT2D eigenvalue weighted by atomic mass is 35.5. The van der Waals surface area contributed by atoms with Gasteiger partial charge >= 0.3 is 5.37 Å². The van der Waals surface area contributed by atoms with E-state index < -0.39 is 0 Å². The van der Waals surface area contributed by atoms with E-state index in [0.717, 1.165) is 24.8 Å². The maximum absolute atomic E-state index is 11.6. The van der Waals surface area contributed by atoms with Gasteiger partial charge in [-0.1, -0.05) is 42.0 Å². The van der Waals surface area contributed by atoms with Gasteiger partial charge in [-0.05, 0) is 43.4 Å². The molecule has 1 aliphatic carbocycles. The fourth-order valence-corrected chi connectivity index (χ4v) is 2.44. The minimum absolute atomic E-state index is 0.144. The summed E-state index contributed by atoms with van der Waals surface area (Å²) in [6, 6.07) is 8.36. The second-order valence-electron chi connectivity index (χ2n) is 4.79. The van der Waals surface area contributed by atoms with Crippen LogP contribution in [0.25, 0.3) is 0 Å². The van der Waals surface area contributed by atoms with Gasteiger partial charge in [0, 0.05) is 6.54 Å². The summed E-state index contributed by atoms with van der Waals surface area (Å²) >= 11 is 5.71. The van der Waals surface area contributed by atoms with Gasteiger partial charge in [-0.3, -0.25) is 4.79 Å². The zero-order valence-corrected chi connectivity index (χ0v) is 11.4. The molecule has 0 heterocycles. The molecule has 0 saturated carbocycles. The summed E-state index contributed by atoms with van der Waals surface area (Å²) in [5, 5.41) is -0.368. The standard InChI is InChI=1S/C15H18ClNO/c1-12-7-9-13(10-8-12)11-17(15(16)18)14-5-3-2-4-6-14/h3,5,7-10,14H,2,4,6,11H2,1H3. The Morgan fingerprint density at radius 1 is 1.39 bits per heavy atom. The highest BCUT2D eigenvalue weighted by Gasteiger charge is 2.21. The third-order valence-corrected chi connectivity index (χ3v) is 3.55. The Hall–Kier alpha value is -1.28. The fourth-order valence-electron chi connectivity index (χ4n) is 2.25. The van der Waals surface area contributed by atoms with E-state index in [2.05, 4.69) is 43.3 Å². The SMILES string of the molecule is Cc1ccc(CN(C(=O)Cl)C2C=CCCC2)cc1. The molecule has 0 aliphatic heterocycles. The molecule has 3 heteroatoms. The van der Waals surface area contributed by atoms with Crippen LogP contribution in [0.2, 0.25) is 0 Å². The van der Waals surface area contributed by atoms with Crippen LogP contribution in [0.1, 0.15) is 30.4 Å². The number of allylic oxidation sites excluding steroid dienone is 1. The van der Waals surface area contributed by atoms with E-state index in [1.54, 1.807) is 4.90 Å². The first-order chi connectivity index (χ1) is 8.66. The molecule has 18 heavy (non-hydrogen) atoms. The first-order valence-electron chi connectivity index (χ1n) is 6.35. The van der Waals surface area contributed by atoms with Crippen LogP contribution in [-0.2, 0) is 6.54 Å². The smallest absolute Gasteiger partial charge is 0.317 e. The van der Waals surface area contributed by atoms with Crippen LogP contribution in [0.15, 0.2) is 36.4 Å². The third-order valence-electron chi connectivity index (χ3n) is 3.33. The number of amides is 1. The molecule has 96 valence electrons. The molecule has 1 aliphatic rings. The van der Waals surface area contributed by atoms with Crippen molar-refractivity contribution in [1.29, 1.82) is 0 Å². The minimum atomic E-state index is -0.368. The van der Waals surface area contributed by atoms with Crippen molar-refractivity contribution < 1.29 is 4.79 Å². The molecule has 0 radical (unpaired) electrons. The van der Waals surface area contributed by atoms with Crippen LogP contribution in [0.5, 0.6) is 0 Å². The quantitative estimate of drug-likeness (QED) is 0.453. The van der Waals surface area contributed by atoms with Crippen molar-refractivity contribution in [2.24, 2.45) is 0 Å². The number of carbonyl (C=O) groups is 1. The lowest BCUT2D eigenvalue weighted by molar-refractivity contribution is 0.201. The van der Waals surface area contributed by atoms with Crippen LogP contribution in [-0.4, -0.2) is 16.3 Å². The molecule has 0 saturated heterocycles. The number of aryl methyl sites for hydroxylation is 1. The van der Waals surface area contributed by atoms with Gasteiger partial charge in [-0.2, -0.15) is 0 Å². The maximum atomic E-state index is 11.6. The number of carbonyl (C=O) groups excluding carboxylic acids is 1. The molecule has 0 N–H and O–H groups in total. The first-order valence-corrected chi connectivity index (χ1v) is 6.73. The largest absolute Gasteiger partial charge is 0.318 e. The van der Waals surface area contributed by atoms with Gasteiger partial charge < -0.3 is 4.90 Å². The molecule has 0 fully saturated rings. The molecule has 1 atom stereocenters. The topological polar surface area (TPSA) is 20.3 Å². The van der Waals surface area contributed by atoms with Crippen molar-refractivity contribution in [3.63, 3.8) is 0 Å². The van der Waals surface area contributed by atoms with E-state index >= 15 is 0 Å². The lowest BCUT2D eigenvalue weighted by Gasteiger charge is -2.29. The van der Waals surface area contributed by atoms with Crippen molar-refractivity contribution in [2.75, 3.05) is 0 Å². The van der Waals surface area contributed by atoms with Gasteiger partial charge in [0.05, 0.1) is 6.04 Å². The predicted octanol–water partition coefficient (Wildman–Crippen LogP) is 4.26. The number of rotatable bonds is 3. The van der Waals surface area contributed by atoms with E-state index in [1.165, 1.54) is 5.56 Å².